The number of hydrogen-bond donors (Lipinski definition) is 3. The van der Waals surface area contributed by atoms with Crippen LogP contribution in [0.2, 0.25) is 0 Å². The highest BCUT2D eigenvalue weighted by Crippen LogP contribution is 2.27. The molecule has 2 unspecified atom stereocenters. The fourth-order valence-corrected chi connectivity index (χ4v) is 3.43. The first kappa shape index (κ1) is 17.2. The molecule has 2 aromatic heterocycles. The smallest absolute Gasteiger partial charge is 0.229 e. The van der Waals surface area contributed by atoms with E-state index in [1.165, 1.54) is 6.39 Å². The summed E-state index contributed by atoms with van der Waals surface area (Å²) in [6.45, 7) is 1.92. The molecular weight excluding hydrogens is 366 g/mol. The second kappa shape index (κ2) is 7.23. The quantitative estimate of drug-likeness (QED) is 0.617. The molecule has 0 fully saturated rings. The number of benzene rings is 1. The molecule has 3 heterocycles. The molecule has 5 rings (SSSR count). The maximum Gasteiger partial charge on any atom is 0.229 e. The summed E-state index contributed by atoms with van der Waals surface area (Å²) in [5.41, 5.74) is 6.76. The van der Waals surface area contributed by atoms with E-state index in [0.29, 0.717) is 5.95 Å². The van der Waals surface area contributed by atoms with Gasteiger partial charge in [0.15, 0.2) is 12.2 Å². The molecule has 3 N–H and O–H groups in total. The second-order valence-corrected chi connectivity index (χ2v) is 6.83. The molecule has 0 amide bonds. The summed E-state index contributed by atoms with van der Waals surface area (Å²) >= 11 is 0. The highest BCUT2D eigenvalue weighted by atomic mass is 16.3. The summed E-state index contributed by atoms with van der Waals surface area (Å²) in [5.74, 6) is 2.18. The molecule has 1 aromatic carbocycles. The van der Waals surface area contributed by atoms with Crippen molar-refractivity contribution in [3.63, 3.8) is 0 Å². The lowest BCUT2D eigenvalue weighted by Gasteiger charge is -2.23. The average Bonchev–Trinajstić information content (AvgIpc) is 3.38. The summed E-state index contributed by atoms with van der Waals surface area (Å²) in [7, 11) is 0. The third-order valence-electron chi connectivity index (χ3n) is 4.87. The van der Waals surface area contributed by atoms with Crippen LogP contribution < -0.4 is 16.1 Å². The van der Waals surface area contributed by atoms with Crippen LogP contribution in [0.5, 0.6) is 0 Å². The van der Waals surface area contributed by atoms with E-state index >= 15 is 0 Å². The van der Waals surface area contributed by atoms with Gasteiger partial charge in [-0.3, -0.25) is 5.43 Å². The Morgan fingerprint density at radius 3 is 3.03 bits per heavy atom. The van der Waals surface area contributed by atoms with E-state index in [1.54, 1.807) is 6.20 Å². The van der Waals surface area contributed by atoms with Gasteiger partial charge < -0.3 is 15.1 Å². The van der Waals surface area contributed by atoms with E-state index in [0.717, 1.165) is 34.2 Å². The van der Waals surface area contributed by atoms with Crippen LogP contribution in [0.4, 0.5) is 17.5 Å². The Morgan fingerprint density at radius 2 is 2.14 bits per heavy atom. The Hall–Kier alpha value is -3.94. The Morgan fingerprint density at radius 1 is 1.17 bits per heavy atom. The largest absolute Gasteiger partial charge is 0.443 e. The lowest BCUT2D eigenvalue weighted by molar-refractivity contribution is 0.571. The molecular formula is C21H19N7O. The Labute approximate surface area is 167 Å². The first-order valence-electron chi connectivity index (χ1n) is 9.31. The van der Waals surface area contributed by atoms with Crippen molar-refractivity contribution in [1.29, 1.82) is 0 Å². The van der Waals surface area contributed by atoms with E-state index in [2.05, 4.69) is 42.2 Å². The van der Waals surface area contributed by atoms with Gasteiger partial charge in [0.05, 0.1) is 17.7 Å². The zero-order valence-corrected chi connectivity index (χ0v) is 15.7. The first-order chi connectivity index (χ1) is 14.3. The molecule has 1 aliphatic carbocycles. The van der Waals surface area contributed by atoms with Gasteiger partial charge in [-0.15, -0.1) is 0 Å². The monoisotopic (exact) mass is 385 g/mol. The van der Waals surface area contributed by atoms with Crippen molar-refractivity contribution >= 4 is 23.7 Å². The molecule has 3 aromatic rings. The molecule has 2 aliphatic rings. The van der Waals surface area contributed by atoms with Crippen LogP contribution in [0.1, 0.15) is 5.69 Å². The van der Waals surface area contributed by atoms with Gasteiger partial charge in [-0.2, -0.15) is 10.1 Å². The summed E-state index contributed by atoms with van der Waals surface area (Å²) in [4.78, 5) is 13.1. The standard InChI is InChI=1S/C21H19N7O/c1-13-20(29-12-23-13)14-4-2-5-15(10-14)25-21-22-9-8-19(27-21)26-17-6-3-7-18-16(17)11-24-28-18/h2-12,16-17,28H,1H3,(H2,22,25,26,27). The minimum atomic E-state index is 0.0780. The third kappa shape index (κ3) is 3.47. The molecule has 0 bridgehead atoms. The Bertz CT molecular complexity index is 1130. The van der Waals surface area contributed by atoms with Crippen LogP contribution in [0.25, 0.3) is 11.3 Å². The lowest BCUT2D eigenvalue weighted by atomic mass is 9.94. The van der Waals surface area contributed by atoms with Crippen molar-refractivity contribution in [3.05, 3.63) is 72.5 Å². The van der Waals surface area contributed by atoms with E-state index in [-0.39, 0.29) is 12.0 Å². The van der Waals surface area contributed by atoms with Gasteiger partial charge in [-0.05, 0) is 31.2 Å². The number of nitrogens with zero attached hydrogens (tertiary/aromatic N) is 4. The van der Waals surface area contributed by atoms with Gasteiger partial charge >= 0.3 is 0 Å². The molecule has 2 atom stereocenters. The number of fused-ring (bicyclic) bond motifs is 1. The number of aryl methyl sites for hydroxylation is 1. The zero-order valence-electron chi connectivity index (χ0n) is 15.7. The summed E-state index contributed by atoms with van der Waals surface area (Å²) < 4.78 is 5.49. The van der Waals surface area contributed by atoms with Gasteiger partial charge in [0.25, 0.3) is 0 Å². The minimum Gasteiger partial charge on any atom is -0.443 e. The number of allylic oxidation sites excluding steroid dienone is 2. The number of anilines is 3. The molecule has 0 spiro atoms. The highest BCUT2D eigenvalue weighted by molar-refractivity contribution is 5.71. The fraction of sp³-hybridized carbons (Fsp3) is 0.143. The van der Waals surface area contributed by atoms with Gasteiger partial charge in [0.1, 0.15) is 5.82 Å². The molecule has 1 aliphatic heterocycles. The van der Waals surface area contributed by atoms with Crippen molar-refractivity contribution in [2.75, 3.05) is 10.6 Å². The number of aromatic nitrogens is 3. The molecule has 8 heteroatoms. The SMILES string of the molecule is Cc1ncoc1-c1cccc(Nc2nccc(NC3C=CC=C4NN=CC43)n2)c1. The van der Waals surface area contributed by atoms with Crippen LogP contribution in [0.15, 0.2) is 76.4 Å². The lowest BCUT2D eigenvalue weighted by Crippen LogP contribution is -2.31. The van der Waals surface area contributed by atoms with E-state index in [9.17, 15) is 0 Å². The van der Waals surface area contributed by atoms with Crippen LogP contribution in [0.3, 0.4) is 0 Å². The van der Waals surface area contributed by atoms with Crippen LogP contribution in [0, 0.1) is 12.8 Å². The van der Waals surface area contributed by atoms with E-state index in [1.807, 2.05) is 55.6 Å². The van der Waals surface area contributed by atoms with Gasteiger partial charge in [-0.1, -0.05) is 24.3 Å². The van der Waals surface area contributed by atoms with Crippen molar-refractivity contribution in [1.82, 2.24) is 20.4 Å². The van der Waals surface area contributed by atoms with E-state index < -0.39 is 0 Å². The number of hydrogen-bond acceptors (Lipinski definition) is 8. The van der Waals surface area contributed by atoms with Crippen molar-refractivity contribution < 1.29 is 4.42 Å². The predicted molar refractivity (Wildman–Crippen MR) is 112 cm³/mol. The van der Waals surface area contributed by atoms with Gasteiger partial charge in [0, 0.05) is 29.4 Å². The number of oxazole rings is 1. The van der Waals surface area contributed by atoms with Gasteiger partial charge in [-0.25, -0.2) is 9.97 Å². The number of nitrogens with one attached hydrogen (secondary N) is 3. The second-order valence-electron chi connectivity index (χ2n) is 6.83. The van der Waals surface area contributed by atoms with Crippen molar-refractivity contribution in [2.45, 2.75) is 13.0 Å². The maximum absolute atomic E-state index is 5.49. The predicted octanol–water partition coefficient (Wildman–Crippen LogP) is 3.62. The maximum atomic E-state index is 5.49. The summed E-state index contributed by atoms with van der Waals surface area (Å²) in [6, 6.07) is 9.81. The van der Waals surface area contributed by atoms with Crippen molar-refractivity contribution in [2.24, 2.45) is 11.0 Å². The zero-order chi connectivity index (χ0) is 19.6. The Balaban J connectivity index is 1.33. The molecule has 144 valence electrons. The Kier molecular flexibility index (Phi) is 4.28. The van der Waals surface area contributed by atoms with Gasteiger partial charge in [0.2, 0.25) is 5.95 Å². The number of hydrazone groups is 1. The molecule has 29 heavy (non-hydrogen) atoms. The van der Waals surface area contributed by atoms with Crippen LogP contribution in [-0.2, 0) is 0 Å². The molecule has 0 saturated carbocycles. The summed E-state index contributed by atoms with van der Waals surface area (Å²) in [5, 5.41) is 10.9. The summed E-state index contributed by atoms with van der Waals surface area (Å²) in [6.07, 6.45) is 11.2. The highest BCUT2D eigenvalue weighted by Gasteiger charge is 2.27. The number of rotatable bonds is 5. The first-order valence-corrected chi connectivity index (χ1v) is 9.31. The van der Waals surface area contributed by atoms with Crippen molar-refractivity contribution in [3.8, 4) is 11.3 Å². The van der Waals surface area contributed by atoms with Crippen LogP contribution in [-0.4, -0.2) is 27.2 Å². The average molecular weight is 385 g/mol. The van der Waals surface area contributed by atoms with Crippen LogP contribution >= 0.6 is 0 Å². The third-order valence-corrected chi connectivity index (χ3v) is 4.87. The molecule has 0 radical (unpaired) electrons. The normalized spacial score (nSPS) is 19.4. The fourth-order valence-electron chi connectivity index (χ4n) is 3.43. The minimum absolute atomic E-state index is 0.0780. The molecule has 0 saturated heterocycles. The van der Waals surface area contributed by atoms with E-state index in [4.69, 9.17) is 4.42 Å². The molecule has 8 nitrogen and oxygen atoms in total. The topological polar surface area (TPSA) is 100 Å².